The highest BCUT2D eigenvalue weighted by Gasteiger charge is 2.13. The van der Waals surface area contributed by atoms with E-state index >= 15 is 0 Å². The minimum atomic E-state index is 0.257. The van der Waals surface area contributed by atoms with E-state index < -0.39 is 0 Å². The second-order valence-corrected chi connectivity index (χ2v) is 6.44. The van der Waals surface area contributed by atoms with Gasteiger partial charge in [-0.05, 0) is 48.4 Å². The van der Waals surface area contributed by atoms with Gasteiger partial charge < -0.3 is 15.0 Å². The first-order valence-electron chi connectivity index (χ1n) is 8.51. The summed E-state index contributed by atoms with van der Waals surface area (Å²) in [7, 11) is 1.99. The lowest BCUT2D eigenvalue weighted by atomic mass is 10.1. The third-order valence-corrected chi connectivity index (χ3v) is 4.53. The normalized spacial score (nSPS) is 11.0. The van der Waals surface area contributed by atoms with E-state index in [0.717, 1.165) is 28.1 Å². The van der Waals surface area contributed by atoms with Crippen molar-refractivity contribution >= 4 is 16.9 Å². The van der Waals surface area contributed by atoms with Gasteiger partial charge in [0.2, 0.25) is 0 Å². The molecule has 0 saturated heterocycles. The molecule has 4 rings (SSSR count). The maximum Gasteiger partial charge on any atom is 0.145 e. The summed E-state index contributed by atoms with van der Waals surface area (Å²) in [4.78, 5) is 8.87. The maximum atomic E-state index is 9.52. The minimum Gasteiger partial charge on any atom is -0.508 e. The van der Waals surface area contributed by atoms with E-state index in [0.29, 0.717) is 6.54 Å². The van der Waals surface area contributed by atoms with Gasteiger partial charge in [-0.3, -0.25) is 0 Å². The van der Waals surface area contributed by atoms with Crippen LogP contribution in [-0.4, -0.2) is 19.6 Å². The molecule has 0 unspecified atom stereocenters. The van der Waals surface area contributed by atoms with Gasteiger partial charge in [-0.25, -0.2) is 9.97 Å². The highest BCUT2D eigenvalue weighted by atomic mass is 16.3. The number of anilines is 1. The van der Waals surface area contributed by atoms with Crippen molar-refractivity contribution < 1.29 is 5.11 Å². The van der Waals surface area contributed by atoms with Crippen molar-refractivity contribution in [2.75, 3.05) is 5.32 Å². The van der Waals surface area contributed by atoms with Gasteiger partial charge in [-0.2, -0.15) is 0 Å². The first-order valence-corrected chi connectivity index (χ1v) is 8.51. The largest absolute Gasteiger partial charge is 0.508 e. The van der Waals surface area contributed by atoms with Crippen LogP contribution in [0.5, 0.6) is 5.75 Å². The number of benzene rings is 2. The molecule has 2 aromatic heterocycles. The third kappa shape index (κ3) is 2.99. The molecule has 0 amide bonds. The van der Waals surface area contributed by atoms with E-state index in [1.54, 1.807) is 18.5 Å². The zero-order chi connectivity index (χ0) is 18.1. The maximum absolute atomic E-state index is 9.52. The summed E-state index contributed by atoms with van der Waals surface area (Å²) in [5.74, 6) is 1.07. The molecule has 0 bridgehead atoms. The molecular formula is C21H20N4O. The average Bonchev–Trinajstić information content (AvgIpc) is 2.98. The number of hydrogen-bond donors (Lipinski definition) is 2. The van der Waals surface area contributed by atoms with Crippen LogP contribution in [0.4, 0.5) is 5.82 Å². The standard InChI is InChI=1S/C21H20N4O/c1-14-4-3-5-15(10-14)12-22-20-18-11-19(16-6-8-17(26)9-7-16)25(2)21(18)24-13-23-20/h3-11,13,26H,12H2,1-2H3,(H,22,23,24). The summed E-state index contributed by atoms with van der Waals surface area (Å²) in [6.07, 6.45) is 1.58. The topological polar surface area (TPSA) is 63.0 Å². The number of fused-ring (bicyclic) bond motifs is 1. The van der Waals surface area contributed by atoms with Crippen LogP contribution in [0.2, 0.25) is 0 Å². The van der Waals surface area contributed by atoms with E-state index in [4.69, 9.17) is 0 Å². The SMILES string of the molecule is Cc1cccc(CNc2ncnc3c2cc(-c2ccc(O)cc2)n3C)c1. The Labute approximate surface area is 152 Å². The first-order chi connectivity index (χ1) is 12.6. The number of phenolic OH excluding ortho intramolecular Hbond substituents is 1. The van der Waals surface area contributed by atoms with E-state index in [2.05, 4.69) is 52.5 Å². The molecule has 0 fully saturated rings. The molecule has 0 saturated carbocycles. The zero-order valence-corrected chi connectivity index (χ0v) is 14.8. The summed E-state index contributed by atoms with van der Waals surface area (Å²) < 4.78 is 2.04. The molecular weight excluding hydrogens is 324 g/mol. The van der Waals surface area contributed by atoms with Crippen LogP contribution in [0.3, 0.4) is 0 Å². The Bertz CT molecular complexity index is 1070. The molecule has 0 aliphatic heterocycles. The number of aromatic hydroxyl groups is 1. The van der Waals surface area contributed by atoms with Crippen LogP contribution < -0.4 is 5.32 Å². The molecule has 5 heteroatoms. The van der Waals surface area contributed by atoms with Gasteiger partial charge >= 0.3 is 0 Å². The quantitative estimate of drug-likeness (QED) is 0.580. The Hall–Kier alpha value is -3.34. The predicted molar refractivity (Wildman–Crippen MR) is 104 cm³/mol. The van der Waals surface area contributed by atoms with Crippen LogP contribution in [0.25, 0.3) is 22.3 Å². The number of nitrogens with zero attached hydrogens (tertiary/aromatic N) is 3. The number of phenols is 1. The van der Waals surface area contributed by atoms with Crippen LogP contribution in [0, 0.1) is 6.92 Å². The lowest BCUT2D eigenvalue weighted by molar-refractivity contribution is 0.475. The lowest BCUT2D eigenvalue weighted by Crippen LogP contribution is -2.02. The zero-order valence-electron chi connectivity index (χ0n) is 14.8. The van der Waals surface area contributed by atoms with Crippen LogP contribution in [0.15, 0.2) is 60.9 Å². The molecule has 26 heavy (non-hydrogen) atoms. The van der Waals surface area contributed by atoms with E-state index in [9.17, 15) is 5.11 Å². The fraction of sp³-hybridized carbons (Fsp3) is 0.143. The molecule has 4 aromatic rings. The monoisotopic (exact) mass is 344 g/mol. The van der Waals surface area contributed by atoms with Crippen LogP contribution in [0.1, 0.15) is 11.1 Å². The summed E-state index contributed by atoms with van der Waals surface area (Å²) >= 11 is 0. The van der Waals surface area contributed by atoms with E-state index in [1.807, 2.05) is 23.7 Å². The first kappa shape index (κ1) is 16.1. The van der Waals surface area contributed by atoms with E-state index in [-0.39, 0.29) is 5.75 Å². The Morgan fingerprint density at radius 3 is 2.62 bits per heavy atom. The number of nitrogens with one attached hydrogen (secondary N) is 1. The summed E-state index contributed by atoms with van der Waals surface area (Å²) in [6.45, 7) is 2.80. The van der Waals surface area contributed by atoms with Crippen molar-refractivity contribution in [2.45, 2.75) is 13.5 Å². The summed E-state index contributed by atoms with van der Waals surface area (Å²) in [5, 5.41) is 13.9. The average molecular weight is 344 g/mol. The molecule has 5 nitrogen and oxygen atoms in total. The molecule has 0 aliphatic carbocycles. The van der Waals surface area contributed by atoms with Crippen molar-refractivity contribution in [3.63, 3.8) is 0 Å². The number of aromatic nitrogens is 3. The van der Waals surface area contributed by atoms with Gasteiger partial charge in [0.05, 0.1) is 11.1 Å². The number of hydrogen-bond acceptors (Lipinski definition) is 4. The Morgan fingerprint density at radius 2 is 1.85 bits per heavy atom. The minimum absolute atomic E-state index is 0.257. The van der Waals surface area contributed by atoms with Gasteiger partial charge in [0.15, 0.2) is 0 Å². The van der Waals surface area contributed by atoms with Crippen molar-refractivity contribution in [3.05, 3.63) is 72.1 Å². The second-order valence-electron chi connectivity index (χ2n) is 6.44. The molecule has 2 N–H and O–H groups in total. The molecule has 0 aliphatic rings. The fourth-order valence-electron chi connectivity index (χ4n) is 3.19. The highest BCUT2D eigenvalue weighted by molar-refractivity contribution is 5.92. The molecule has 0 radical (unpaired) electrons. The molecule has 0 spiro atoms. The smallest absolute Gasteiger partial charge is 0.145 e. The summed E-state index contributed by atoms with van der Waals surface area (Å²) in [6, 6.07) is 17.7. The van der Waals surface area contributed by atoms with Crippen molar-refractivity contribution in [1.82, 2.24) is 14.5 Å². The Kier molecular flexibility index (Phi) is 4.05. The highest BCUT2D eigenvalue weighted by Crippen LogP contribution is 2.30. The molecule has 2 aromatic carbocycles. The van der Waals surface area contributed by atoms with Gasteiger partial charge in [-0.15, -0.1) is 0 Å². The van der Waals surface area contributed by atoms with E-state index in [1.165, 1.54) is 11.1 Å². The molecule has 2 heterocycles. The van der Waals surface area contributed by atoms with Crippen LogP contribution >= 0.6 is 0 Å². The van der Waals surface area contributed by atoms with Crippen molar-refractivity contribution in [3.8, 4) is 17.0 Å². The van der Waals surface area contributed by atoms with Crippen molar-refractivity contribution in [2.24, 2.45) is 7.05 Å². The van der Waals surface area contributed by atoms with Crippen LogP contribution in [-0.2, 0) is 13.6 Å². The van der Waals surface area contributed by atoms with Gasteiger partial charge in [0.1, 0.15) is 23.5 Å². The number of aryl methyl sites for hydroxylation is 2. The van der Waals surface area contributed by atoms with Gasteiger partial charge in [-0.1, -0.05) is 29.8 Å². The second kappa shape index (κ2) is 6.52. The van der Waals surface area contributed by atoms with Gasteiger partial charge in [0, 0.05) is 13.6 Å². The lowest BCUT2D eigenvalue weighted by Gasteiger charge is -2.07. The third-order valence-electron chi connectivity index (χ3n) is 4.53. The summed E-state index contributed by atoms with van der Waals surface area (Å²) in [5.41, 5.74) is 5.37. The molecule has 0 atom stereocenters. The Balaban J connectivity index is 1.70. The van der Waals surface area contributed by atoms with Crippen molar-refractivity contribution in [1.29, 1.82) is 0 Å². The number of rotatable bonds is 4. The molecule has 130 valence electrons. The van der Waals surface area contributed by atoms with Gasteiger partial charge in [0.25, 0.3) is 0 Å². The Morgan fingerprint density at radius 1 is 1.04 bits per heavy atom. The predicted octanol–water partition coefficient (Wildman–Crippen LogP) is 4.26. The fourth-order valence-corrected chi connectivity index (χ4v) is 3.19.